The number of para-hydroxylation sites is 1. The molecule has 1 aliphatic rings. The molecule has 1 saturated heterocycles. The van der Waals surface area contributed by atoms with Crippen LogP contribution in [0, 0.1) is 21.7 Å². The van der Waals surface area contributed by atoms with Crippen molar-refractivity contribution in [2.24, 2.45) is 0 Å². The van der Waals surface area contributed by atoms with Gasteiger partial charge in [-0.25, -0.2) is 8.78 Å². The second kappa shape index (κ2) is 7.56. The van der Waals surface area contributed by atoms with E-state index >= 15 is 0 Å². The van der Waals surface area contributed by atoms with Crippen molar-refractivity contribution in [2.75, 3.05) is 36.8 Å². The van der Waals surface area contributed by atoms with Gasteiger partial charge >= 0.3 is 0 Å². The van der Waals surface area contributed by atoms with Crippen LogP contribution in [0.4, 0.5) is 25.8 Å². The summed E-state index contributed by atoms with van der Waals surface area (Å²) in [5.74, 6) is -1.75. The van der Waals surface area contributed by atoms with E-state index in [9.17, 15) is 23.7 Å². The molecule has 2 aromatic carbocycles. The fourth-order valence-corrected chi connectivity index (χ4v) is 3.18. The number of benzene rings is 2. The van der Waals surface area contributed by atoms with Gasteiger partial charge in [0.05, 0.1) is 11.3 Å². The fraction of sp³-hybridized carbons (Fsp3) is 0.278. The van der Waals surface area contributed by atoms with Crippen molar-refractivity contribution in [1.29, 1.82) is 0 Å². The van der Waals surface area contributed by atoms with Crippen molar-refractivity contribution >= 4 is 23.0 Å². The molecule has 27 heavy (non-hydrogen) atoms. The smallest absolute Gasteiger partial charge is 0.273 e. The number of nitrogens with two attached hydrogens (primary N) is 1. The lowest BCUT2D eigenvalue weighted by Crippen LogP contribution is -2.49. The lowest BCUT2D eigenvalue weighted by Gasteiger charge is -2.36. The van der Waals surface area contributed by atoms with Gasteiger partial charge < -0.3 is 15.5 Å². The first kappa shape index (κ1) is 18.6. The van der Waals surface area contributed by atoms with Gasteiger partial charge in [0, 0.05) is 43.5 Å². The Morgan fingerprint density at radius 3 is 2.30 bits per heavy atom. The number of hydrogen-bond donors (Lipinski definition) is 1. The van der Waals surface area contributed by atoms with Crippen LogP contribution in [0.25, 0.3) is 0 Å². The van der Waals surface area contributed by atoms with Crippen LogP contribution < -0.4 is 10.6 Å². The molecule has 0 spiro atoms. The van der Waals surface area contributed by atoms with E-state index in [1.807, 2.05) is 0 Å². The molecule has 142 valence electrons. The van der Waals surface area contributed by atoms with Gasteiger partial charge in [0.1, 0.15) is 5.69 Å². The number of anilines is 2. The number of carbonyl (C=O) groups is 1. The zero-order chi connectivity index (χ0) is 19.6. The van der Waals surface area contributed by atoms with Crippen LogP contribution in [0.5, 0.6) is 0 Å². The molecule has 1 heterocycles. The van der Waals surface area contributed by atoms with Gasteiger partial charge in [-0.15, -0.1) is 0 Å². The second-order valence-corrected chi connectivity index (χ2v) is 6.26. The number of nitrogens with zero attached hydrogens (tertiary/aromatic N) is 3. The van der Waals surface area contributed by atoms with E-state index in [1.165, 1.54) is 11.0 Å². The summed E-state index contributed by atoms with van der Waals surface area (Å²) >= 11 is 0. The van der Waals surface area contributed by atoms with Crippen molar-refractivity contribution in [1.82, 2.24) is 4.90 Å². The normalized spacial score (nSPS) is 14.3. The molecule has 0 aliphatic carbocycles. The average molecular weight is 376 g/mol. The number of amides is 1. The molecule has 1 fully saturated rings. The first-order valence-corrected chi connectivity index (χ1v) is 8.36. The Balaban J connectivity index is 1.66. The molecule has 0 atom stereocenters. The molecule has 9 heteroatoms. The summed E-state index contributed by atoms with van der Waals surface area (Å²) in [7, 11) is 0. The molecule has 2 N–H and O–H groups in total. The molecule has 3 rings (SSSR count). The molecule has 1 amide bonds. The van der Waals surface area contributed by atoms with Gasteiger partial charge in [-0.3, -0.25) is 14.9 Å². The summed E-state index contributed by atoms with van der Waals surface area (Å²) in [5, 5.41) is 11.1. The second-order valence-electron chi connectivity index (χ2n) is 6.26. The van der Waals surface area contributed by atoms with Gasteiger partial charge in [-0.2, -0.15) is 0 Å². The van der Waals surface area contributed by atoms with Crippen LogP contribution in [0.3, 0.4) is 0 Å². The molecule has 0 unspecified atom stereocenters. The highest BCUT2D eigenvalue weighted by Crippen LogP contribution is 2.27. The fourth-order valence-electron chi connectivity index (χ4n) is 3.18. The van der Waals surface area contributed by atoms with Crippen molar-refractivity contribution in [3.63, 3.8) is 0 Å². The minimum absolute atomic E-state index is 0.00650. The zero-order valence-corrected chi connectivity index (χ0v) is 14.4. The molecular formula is C18H18F2N4O3. The summed E-state index contributed by atoms with van der Waals surface area (Å²) in [6.45, 7) is 1.03. The van der Waals surface area contributed by atoms with Gasteiger partial charge in [0.25, 0.3) is 5.69 Å². The summed E-state index contributed by atoms with van der Waals surface area (Å²) in [5.41, 5.74) is 5.51. The molecule has 0 saturated carbocycles. The third-order valence-electron chi connectivity index (χ3n) is 4.52. The summed E-state index contributed by atoms with van der Waals surface area (Å²) in [4.78, 5) is 26.1. The number of nitro groups is 1. The van der Waals surface area contributed by atoms with E-state index in [4.69, 9.17) is 5.73 Å². The van der Waals surface area contributed by atoms with Crippen LogP contribution in [-0.4, -0.2) is 41.9 Å². The summed E-state index contributed by atoms with van der Waals surface area (Å²) in [6.07, 6.45) is -0.0955. The van der Waals surface area contributed by atoms with Crippen LogP contribution in [-0.2, 0) is 11.2 Å². The molecule has 2 aromatic rings. The van der Waals surface area contributed by atoms with E-state index in [1.54, 1.807) is 23.1 Å². The third-order valence-corrected chi connectivity index (χ3v) is 4.52. The first-order valence-electron chi connectivity index (χ1n) is 8.36. The Morgan fingerprint density at radius 2 is 1.70 bits per heavy atom. The number of halogens is 2. The van der Waals surface area contributed by atoms with Crippen LogP contribution >= 0.6 is 0 Å². The molecule has 7 nitrogen and oxygen atoms in total. The van der Waals surface area contributed by atoms with E-state index in [2.05, 4.69) is 0 Å². The van der Waals surface area contributed by atoms with Crippen molar-refractivity contribution in [3.8, 4) is 0 Å². The largest absolute Gasteiger partial charge is 0.399 e. The Bertz CT molecular complexity index is 860. The number of nitrogen functional groups attached to an aromatic ring is 1. The topological polar surface area (TPSA) is 92.7 Å². The number of nitro benzene ring substituents is 1. The average Bonchev–Trinajstić information content (AvgIpc) is 2.61. The predicted octanol–water partition coefficient (Wildman–Crippen LogP) is 2.35. The standard InChI is InChI=1S/C18H18F2N4O3/c19-14-10-13(21)11-15(20)18(14)23-7-5-22(6-8-23)17(25)9-12-3-1-2-4-16(12)24(26)27/h1-4,10-11H,5-9,21H2. The third kappa shape index (κ3) is 3.97. The Morgan fingerprint density at radius 1 is 1.11 bits per heavy atom. The van der Waals surface area contributed by atoms with Gasteiger partial charge in [0.2, 0.25) is 5.91 Å². The SMILES string of the molecule is Nc1cc(F)c(N2CCN(C(=O)Cc3ccccc3[N+](=O)[O-])CC2)c(F)c1. The maximum absolute atomic E-state index is 14.1. The molecule has 0 aromatic heterocycles. The quantitative estimate of drug-likeness (QED) is 0.502. The Kier molecular flexibility index (Phi) is 5.20. The molecular weight excluding hydrogens is 358 g/mol. The monoisotopic (exact) mass is 376 g/mol. The number of hydrogen-bond acceptors (Lipinski definition) is 5. The summed E-state index contributed by atoms with van der Waals surface area (Å²) in [6, 6.07) is 8.20. The number of piperazine rings is 1. The van der Waals surface area contributed by atoms with Crippen LogP contribution in [0.2, 0.25) is 0 Å². The van der Waals surface area contributed by atoms with Crippen molar-refractivity contribution in [3.05, 3.63) is 63.7 Å². The van der Waals surface area contributed by atoms with Crippen molar-refractivity contribution < 1.29 is 18.5 Å². The van der Waals surface area contributed by atoms with Crippen LogP contribution in [0.15, 0.2) is 36.4 Å². The Hall–Kier alpha value is -3.23. The van der Waals surface area contributed by atoms with Crippen LogP contribution in [0.1, 0.15) is 5.56 Å². The van der Waals surface area contributed by atoms with Crippen molar-refractivity contribution in [2.45, 2.75) is 6.42 Å². The minimum Gasteiger partial charge on any atom is -0.399 e. The van der Waals surface area contributed by atoms with E-state index in [-0.39, 0.29) is 55.6 Å². The Labute approximate surface area is 154 Å². The molecule has 1 aliphatic heterocycles. The van der Waals surface area contributed by atoms with E-state index in [0.717, 1.165) is 12.1 Å². The van der Waals surface area contributed by atoms with Gasteiger partial charge in [-0.1, -0.05) is 18.2 Å². The zero-order valence-electron chi connectivity index (χ0n) is 14.4. The minimum atomic E-state index is -0.743. The lowest BCUT2D eigenvalue weighted by molar-refractivity contribution is -0.385. The number of carbonyl (C=O) groups excluding carboxylic acids is 1. The van der Waals surface area contributed by atoms with E-state index in [0.29, 0.717) is 5.56 Å². The molecule has 0 bridgehead atoms. The predicted molar refractivity (Wildman–Crippen MR) is 96.4 cm³/mol. The highest BCUT2D eigenvalue weighted by Gasteiger charge is 2.26. The van der Waals surface area contributed by atoms with E-state index < -0.39 is 16.6 Å². The maximum Gasteiger partial charge on any atom is 0.273 e. The maximum atomic E-state index is 14.1. The van der Waals surface area contributed by atoms with Gasteiger partial charge in [-0.05, 0) is 12.1 Å². The summed E-state index contributed by atoms with van der Waals surface area (Å²) < 4.78 is 28.1. The highest BCUT2D eigenvalue weighted by atomic mass is 19.1. The highest BCUT2D eigenvalue weighted by molar-refractivity contribution is 5.80. The lowest BCUT2D eigenvalue weighted by atomic mass is 10.1. The molecule has 0 radical (unpaired) electrons. The first-order chi connectivity index (χ1) is 12.9. The number of rotatable bonds is 4. The van der Waals surface area contributed by atoms with Gasteiger partial charge in [0.15, 0.2) is 11.6 Å².